The molecule has 17 heavy (non-hydrogen) atoms. The van der Waals surface area contributed by atoms with E-state index in [1.165, 1.54) is 12.2 Å². The number of Topliss-reactive ketones (excluding diaryl/α,β-unsaturated/α-hetero) is 1. The summed E-state index contributed by atoms with van der Waals surface area (Å²) < 4.78 is 5.48. The third kappa shape index (κ3) is 1.41. The van der Waals surface area contributed by atoms with Crippen molar-refractivity contribution >= 4 is 23.7 Å². The molecule has 0 amide bonds. The Balaban J connectivity index is 2.35. The number of hydrogen-bond acceptors (Lipinski definition) is 4. The van der Waals surface area contributed by atoms with E-state index >= 15 is 0 Å². The van der Waals surface area contributed by atoms with E-state index in [9.17, 15) is 14.4 Å². The molecule has 1 aromatic rings. The average Bonchev–Trinajstić information content (AvgIpc) is 2.30. The van der Waals surface area contributed by atoms with Crippen LogP contribution in [0.15, 0.2) is 21.4 Å². The Hall–Kier alpha value is -2.23. The summed E-state index contributed by atoms with van der Waals surface area (Å²) in [7, 11) is 0. The lowest BCUT2D eigenvalue weighted by Crippen LogP contribution is -2.25. The Morgan fingerprint density at radius 1 is 1.00 bits per heavy atom. The number of allylic oxidation sites excluding steroid dienone is 2. The standard InChI is InChI=1S/C13H8O4/c14-7-4-5-10-8(6-7)13(16)12-9(15)2-1-3-11(12)17-10/h1,3-5H,2,6H2. The van der Waals surface area contributed by atoms with Gasteiger partial charge < -0.3 is 4.42 Å². The van der Waals surface area contributed by atoms with Crippen molar-refractivity contribution in [3.63, 3.8) is 0 Å². The number of hydrogen-bond donors (Lipinski definition) is 0. The summed E-state index contributed by atoms with van der Waals surface area (Å²) in [6.45, 7) is 0. The molecular formula is C13H8O4. The first-order valence-corrected chi connectivity index (χ1v) is 5.27. The van der Waals surface area contributed by atoms with Crippen molar-refractivity contribution in [1.82, 2.24) is 0 Å². The Bertz CT molecular complexity index is 659. The Morgan fingerprint density at radius 3 is 2.65 bits per heavy atom. The Morgan fingerprint density at radius 2 is 1.82 bits per heavy atom. The first-order chi connectivity index (χ1) is 8.16. The van der Waals surface area contributed by atoms with Crippen molar-refractivity contribution in [2.75, 3.05) is 0 Å². The number of ketones is 2. The van der Waals surface area contributed by atoms with Crippen LogP contribution in [0.1, 0.15) is 33.9 Å². The highest BCUT2D eigenvalue weighted by molar-refractivity contribution is 6.03. The topological polar surface area (TPSA) is 64.3 Å². The molecule has 0 N–H and O–H groups in total. The van der Waals surface area contributed by atoms with E-state index in [2.05, 4.69) is 0 Å². The lowest BCUT2D eigenvalue weighted by atomic mass is 9.94. The van der Waals surface area contributed by atoms with Crippen LogP contribution in [0, 0.1) is 0 Å². The van der Waals surface area contributed by atoms with E-state index in [4.69, 9.17) is 4.42 Å². The van der Waals surface area contributed by atoms with E-state index in [0.29, 0.717) is 17.1 Å². The van der Waals surface area contributed by atoms with Crippen LogP contribution in [0.25, 0.3) is 12.2 Å². The molecule has 3 rings (SSSR count). The summed E-state index contributed by atoms with van der Waals surface area (Å²) in [6, 6.07) is 0. The van der Waals surface area contributed by atoms with E-state index in [1.54, 1.807) is 12.2 Å². The van der Waals surface area contributed by atoms with Gasteiger partial charge in [0.1, 0.15) is 17.1 Å². The van der Waals surface area contributed by atoms with Gasteiger partial charge in [0.2, 0.25) is 5.43 Å². The van der Waals surface area contributed by atoms with Crippen LogP contribution in [0.5, 0.6) is 0 Å². The van der Waals surface area contributed by atoms with Crippen LogP contribution in [0.2, 0.25) is 0 Å². The average molecular weight is 228 g/mol. The fourth-order valence-corrected chi connectivity index (χ4v) is 2.07. The predicted molar refractivity (Wildman–Crippen MR) is 60.7 cm³/mol. The number of carbonyl (C=O) groups excluding carboxylic acids is 2. The Labute approximate surface area is 96.2 Å². The molecule has 0 fully saturated rings. The lowest BCUT2D eigenvalue weighted by molar-refractivity contribution is -0.114. The predicted octanol–water partition coefficient (Wildman–Crippen LogP) is 1.38. The summed E-state index contributed by atoms with van der Waals surface area (Å²) in [6.07, 6.45) is 6.38. The number of carbonyl (C=O) groups is 2. The SMILES string of the molecule is O=C1C=Cc2oc3c(c(=O)c2C1)C(=O)CC=C3. The molecule has 0 saturated heterocycles. The normalized spacial score (nSPS) is 16.9. The van der Waals surface area contributed by atoms with Gasteiger partial charge in [0.25, 0.3) is 0 Å². The second-order valence-electron chi connectivity index (χ2n) is 4.02. The van der Waals surface area contributed by atoms with Crippen LogP contribution < -0.4 is 5.43 Å². The second kappa shape index (κ2) is 3.38. The minimum atomic E-state index is -0.367. The van der Waals surface area contributed by atoms with E-state index < -0.39 is 0 Å². The van der Waals surface area contributed by atoms with Crippen LogP contribution >= 0.6 is 0 Å². The molecule has 1 heterocycles. The molecule has 4 heteroatoms. The fourth-order valence-electron chi connectivity index (χ4n) is 2.07. The summed E-state index contributed by atoms with van der Waals surface area (Å²) in [5.41, 5.74) is 0.00236. The van der Waals surface area contributed by atoms with Gasteiger partial charge in [-0.3, -0.25) is 14.4 Å². The summed E-state index contributed by atoms with van der Waals surface area (Å²) >= 11 is 0. The van der Waals surface area contributed by atoms with Gasteiger partial charge in [0.15, 0.2) is 11.6 Å². The van der Waals surface area contributed by atoms with Crippen molar-refractivity contribution < 1.29 is 14.0 Å². The second-order valence-corrected chi connectivity index (χ2v) is 4.02. The molecule has 0 saturated carbocycles. The van der Waals surface area contributed by atoms with Crippen molar-refractivity contribution in [1.29, 1.82) is 0 Å². The molecule has 0 unspecified atom stereocenters. The van der Waals surface area contributed by atoms with Gasteiger partial charge in [-0.05, 0) is 18.2 Å². The summed E-state index contributed by atoms with van der Waals surface area (Å²) in [5, 5.41) is 0. The third-order valence-electron chi connectivity index (χ3n) is 2.89. The van der Waals surface area contributed by atoms with Crippen LogP contribution in [-0.4, -0.2) is 11.6 Å². The van der Waals surface area contributed by atoms with Crippen molar-refractivity contribution in [2.45, 2.75) is 12.8 Å². The Kier molecular flexibility index (Phi) is 1.98. The zero-order chi connectivity index (χ0) is 12.0. The van der Waals surface area contributed by atoms with Gasteiger partial charge >= 0.3 is 0 Å². The molecule has 0 radical (unpaired) electrons. The first-order valence-electron chi connectivity index (χ1n) is 5.27. The summed E-state index contributed by atoms with van der Waals surface area (Å²) in [5.74, 6) is 0.279. The van der Waals surface area contributed by atoms with Gasteiger partial charge in [-0.25, -0.2) is 0 Å². The minimum absolute atomic E-state index is 0.0123. The highest BCUT2D eigenvalue weighted by Gasteiger charge is 2.25. The molecule has 0 bridgehead atoms. The van der Waals surface area contributed by atoms with Gasteiger partial charge in [0, 0.05) is 12.8 Å². The number of fused-ring (bicyclic) bond motifs is 2. The number of rotatable bonds is 0. The van der Waals surface area contributed by atoms with E-state index in [1.807, 2.05) is 0 Å². The third-order valence-corrected chi connectivity index (χ3v) is 2.89. The molecule has 2 aliphatic carbocycles. The molecule has 0 spiro atoms. The molecule has 2 aliphatic rings. The van der Waals surface area contributed by atoms with Crippen LogP contribution in [0.4, 0.5) is 0 Å². The maximum absolute atomic E-state index is 12.1. The van der Waals surface area contributed by atoms with E-state index in [-0.39, 0.29) is 35.4 Å². The van der Waals surface area contributed by atoms with Gasteiger partial charge in [-0.2, -0.15) is 0 Å². The maximum atomic E-state index is 12.1. The maximum Gasteiger partial charge on any atom is 0.200 e. The van der Waals surface area contributed by atoms with Crippen LogP contribution in [0.3, 0.4) is 0 Å². The van der Waals surface area contributed by atoms with Crippen LogP contribution in [-0.2, 0) is 11.2 Å². The largest absolute Gasteiger partial charge is 0.456 e. The molecule has 84 valence electrons. The minimum Gasteiger partial charge on any atom is -0.456 e. The smallest absolute Gasteiger partial charge is 0.200 e. The van der Waals surface area contributed by atoms with Gasteiger partial charge in [0.05, 0.1) is 5.56 Å². The zero-order valence-electron chi connectivity index (χ0n) is 8.86. The highest BCUT2D eigenvalue weighted by atomic mass is 16.3. The lowest BCUT2D eigenvalue weighted by Gasteiger charge is -2.13. The molecule has 0 aliphatic heterocycles. The molecular weight excluding hydrogens is 220 g/mol. The van der Waals surface area contributed by atoms with Gasteiger partial charge in [-0.15, -0.1) is 0 Å². The molecule has 0 atom stereocenters. The van der Waals surface area contributed by atoms with Crippen molar-refractivity contribution in [2.24, 2.45) is 0 Å². The molecule has 1 aromatic heterocycles. The summed E-state index contributed by atoms with van der Waals surface area (Å²) in [4.78, 5) is 35.0. The molecule has 4 nitrogen and oxygen atoms in total. The van der Waals surface area contributed by atoms with E-state index in [0.717, 1.165) is 0 Å². The van der Waals surface area contributed by atoms with Crippen molar-refractivity contribution in [3.8, 4) is 0 Å². The monoisotopic (exact) mass is 228 g/mol. The highest BCUT2D eigenvalue weighted by Crippen LogP contribution is 2.22. The quantitative estimate of drug-likeness (QED) is 0.672. The fraction of sp³-hybridized carbons (Fsp3) is 0.154. The molecule has 0 aromatic carbocycles. The van der Waals surface area contributed by atoms with Gasteiger partial charge in [-0.1, -0.05) is 6.08 Å². The zero-order valence-corrected chi connectivity index (χ0v) is 8.86. The van der Waals surface area contributed by atoms with Crippen molar-refractivity contribution in [3.05, 3.63) is 45.0 Å². The first kappa shape index (κ1) is 9.96.